The van der Waals surface area contributed by atoms with Crippen LogP contribution in [0.2, 0.25) is 0 Å². The van der Waals surface area contributed by atoms with E-state index < -0.39 is 0 Å². The van der Waals surface area contributed by atoms with Crippen molar-refractivity contribution in [1.29, 1.82) is 0 Å². The highest BCUT2D eigenvalue weighted by molar-refractivity contribution is 4.87. The van der Waals surface area contributed by atoms with Crippen LogP contribution in [-0.2, 0) is 11.3 Å². The van der Waals surface area contributed by atoms with Crippen LogP contribution < -0.4 is 5.32 Å². The molecule has 0 radical (unpaired) electrons. The quantitative estimate of drug-likeness (QED) is 0.840. The Bertz CT molecular complexity index is 323. The van der Waals surface area contributed by atoms with Crippen molar-refractivity contribution in [1.82, 2.24) is 15.3 Å². The van der Waals surface area contributed by atoms with Gasteiger partial charge in [-0.3, -0.25) is 0 Å². The van der Waals surface area contributed by atoms with Crippen molar-refractivity contribution in [3.8, 4) is 0 Å². The van der Waals surface area contributed by atoms with Gasteiger partial charge in [-0.2, -0.15) is 0 Å². The van der Waals surface area contributed by atoms with E-state index in [9.17, 15) is 0 Å². The minimum absolute atomic E-state index is 0.383. The second-order valence-corrected chi connectivity index (χ2v) is 4.90. The molecule has 0 amide bonds. The standard InChI is InChI=1S/C14H23N3O/c1-2-8-15-12-4-6-13(7-5-12)18-11-14-16-9-3-10-17-14/h3,9-10,12-13,15H,2,4-8,11H2,1H3. The van der Waals surface area contributed by atoms with Crippen molar-refractivity contribution in [3.05, 3.63) is 24.3 Å². The molecule has 18 heavy (non-hydrogen) atoms. The van der Waals surface area contributed by atoms with E-state index in [0.717, 1.165) is 25.2 Å². The topological polar surface area (TPSA) is 47.0 Å². The van der Waals surface area contributed by atoms with Gasteiger partial charge in [-0.15, -0.1) is 0 Å². The van der Waals surface area contributed by atoms with Gasteiger partial charge in [-0.1, -0.05) is 6.92 Å². The Balaban J connectivity index is 1.65. The van der Waals surface area contributed by atoms with Crippen LogP contribution in [0.5, 0.6) is 0 Å². The Kier molecular flexibility index (Phi) is 5.55. The molecule has 100 valence electrons. The molecular weight excluding hydrogens is 226 g/mol. The molecule has 1 aliphatic rings. The van der Waals surface area contributed by atoms with Crippen LogP contribution in [0, 0.1) is 0 Å². The van der Waals surface area contributed by atoms with Gasteiger partial charge in [0.05, 0.1) is 6.10 Å². The third kappa shape index (κ3) is 4.35. The zero-order chi connectivity index (χ0) is 12.6. The molecule has 1 fully saturated rings. The van der Waals surface area contributed by atoms with Gasteiger partial charge in [0.1, 0.15) is 6.61 Å². The predicted molar refractivity (Wildman–Crippen MR) is 71.2 cm³/mol. The van der Waals surface area contributed by atoms with E-state index in [0.29, 0.717) is 18.8 Å². The lowest BCUT2D eigenvalue weighted by atomic mass is 9.93. The Labute approximate surface area is 109 Å². The third-order valence-corrected chi connectivity index (χ3v) is 3.42. The fourth-order valence-corrected chi connectivity index (χ4v) is 2.38. The van der Waals surface area contributed by atoms with Crippen LogP contribution >= 0.6 is 0 Å². The molecule has 1 aromatic rings. The second-order valence-electron chi connectivity index (χ2n) is 4.90. The van der Waals surface area contributed by atoms with Crippen molar-refractivity contribution >= 4 is 0 Å². The maximum absolute atomic E-state index is 5.87. The summed E-state index contributed by atoms with van der Waals surface area (Å²) < 4.78 is 5.87. The normalized spacial score (nSPS) is 24.1. The van der Waals surface area contributed by atoms with E-state index >= 15 is 0 Å². The Hall–Kier alpha value is -1.00. The monoisotopic (exact) mass is 249 g/mol. The van der Waals surface area contributed by atoms with E-state index in [-0.39, 0.29) is 0 Å². The van der Waals surface area contributed by atoms with E-state index in [2.05, 4.69) is 22.2 Å². The van der Waals surface area contributed by atoms with Crippen molar-refractivity contribution in [2.24, 2.45) is 0 Å². The van der Waals surface area contributed by atoms with Crippen LogP contribution in [0.4, 0.5) is 0 Å². The van der Waals surface area contributed by atoms with Crippen LogP contribution in [0.15, 0.2) is 18.5 Å². The average Bonchev–Trinajstić information content (AvgIpc) is 2.45. The molecule has 0 spiro atoms. The molecule has 1 heterocycles. The highest BCUT2D eigenvalue weighted by atomic mass is 16.5. The summed E-state index contributed by atoms with van der Waals surface area (Å²) in [7, 11) is 0. The third-order valence-electron chi connectivity index (χ3n) is 3.42. The van der Waals surface area contributed by atoms with Crippen LogP contribution in [0.3, 0.4) is 0 Å². The fourth-order valence-electron chi connectivity index (χ4n) is 2.38. The van der Waals surface area contributed by atoms with Crippen LogP contribution in [0.25, 0.3) is 0 Å². The lowest BCUT2D eigenvalue weighted by Crippen LogP contribution is -2.35. The number of aromatic nitrogens is 2. The number of nitrogens with one attached hydrogen (secondary N) is 1. The molecule has 4 nitrogen and oxygen atoms in total. The van der Waals surface area contributed by atoms with Crippen molar-refractivity contribution in [3.63, 3.8) is 0 Å². The zero-order valence-electron chi connectivity index (χ0n) is 11.1. The molecule has 1 aromatic heterocycles. The van der Waals surface area contributed by atoms with Crippen molar-refractivity contribution in [2.45, 2.75) is 57.8 Å². The van der Waals surface area contributed by atoms with Gasteiger partial charge in [0.25, 0.3) is 0 Å². The Morgan fingerprint density at radius 2 is 1.94 bits per heavy atom. The van der Waals surface area contributed by atoms with E-state index in [1.807, 2.05) is 6.07 Å². The maximum Gasteiger partial charge on any atom is 0.153 e. The van der Waals surface area contributed by atoms with Gasteiger partial charge in [0, 0.05) is 18.4 Å². The molecular formula is C14H23N3O. The van der Waals surface area contributed by atoms with Crippen LogP contribution in [-0.4, -0.2) is 28.7 Å². The molecule has 2 rings (SSSR count). The summed E-state index contributed by atoms with van der Waals surface area (Å²) in [5, 5.41) is 3.59. The summed E-state index contributed by atoms with van der Waals surface area (Å²) in [4.78, 5) is 8.34. The first-order valence-corrected chi connectivity index (χ1v) is 6.99. The smallest absolute Gasteiger partial charge is 0.153 e. The van der Waals surface area contributed by atoms with Crippen molar-refractivity contribution < 1.29 is 4.74 Å². The largest absolute Gasteiger partial charge is 0.370 e. The number of hydrogen-bond donors (Lipinski definition) is 1. The minimum atomic E-state index is 0.383. The molecule has 0 unspecified atom stereocenters. The summed E-state index contributed by atoms with van der Waals surface area (Å²) in [5.74, 6) is 0.781. The average molecular weight is 249 g/mol. The highest BCUT2D eigenvalue weighted by Gasteiger charge is 2.21. The predicted octanol–water partition coefficient (Wildman–Crippen LogP) is 2.30. The maximum atomic E-state index is 5.87. The highest BCUT2D eigenvalue weighted by Crippen LogP contribution is 2.21. The van der Waals surface area contributed by atoms with E-state index in [1.165, 1.54) is 19.3 Å². The van der Waals surface area contributed by atoms with Gasteiger partial charge in [0.2, 0.25) is 0 Å². The number of hydrogen-bond acceptors (Lipinski definition) is 4. The summed E-state index contributed by atoms with van der Waals surface area (Å²) in [6.45, 7) is 3.88. The molecule has 0 aromatic carbocycles. The summed E-state index contributed by atoms with van der Waals surface area (Å²) in [6.07, 6.45) is 9.85. The fraction of sp³-hybridized carbons (Fsp3) is 0.714. The lowest BCUT2D eigenvalue weighted by molar-refractivity contribution is 0.00817. The van der Waals surface area contributed by atoms with Crippen LogP contribution in [0.1, 0.15) is 44.9 Å². The van der Waals surface area contributed by atoms with Crippen molar-refractivity contribution in [2.75, 3.05) is 6.54 Å². The summed E-state index contributed by atoms with van der Waals surface area (Å²) in [6, 6.07) is 2.52. The molecule has 1 saturated carbocycles. The number of rotatable bonds is 6. The molecule has 0 aliphatic heterocycles. The van der Waals surface area contributed by atoms with Gasteiger partial charge >= 0.3 is 0 Å². The Morgan fingerprint density at radius 1 is 1.22 bits per heavy atom. The molecule has 0 atom stereocenters. The first kappa shape index (κ1) is 13.4. The molecule has 1 N–H and O–H groups in total. The Morgan fingerprint density at radius 3 is 2.61 bits per heavy atom. The first-order chi connectivity index (χ1) is 8.88. The van der Waals surface area contributed by atoms with Gasteiger partial charge in [0.15, 0.2) is 5.82 Å². The molecule has 1 aliphatic carbocycles. The van der Waals surface area contributed by atoms with Gasteiger partial charge < -0.3 is 10.1 Å². The molecule has 4 heteroatoms. The zero-order valence-corrected chi connectivity index (χ0v) is 11.1. The second kappa shape index (κ2) is 7.44. The molecule has 0 saturated heterocycles. The van der Waals surface area contributed by atoms with Gasteiger partial charge in [-0.05, 0) is 44.7 Å². The first-order valence-electron chi connectivity index (χ1n) is 6.99. The minimum Gasteiger partial charge on any atom is -0.370 e. The SMILES string of the molecule is CCCNC1CCC(OCc2ncccn2)CC1. The lowest BCUT2D eigenvalue weighted by Gasteiger charge is -2.29. The number of ether oxygens (including phenoxy) is 1. The molecule has 0 bridgehead atoms. The summed E-state index contributed by atoms with van der Waals surface area (Å²) >= 11 is 0. The number of nitrogens with zero attached hydrogens (tertiary/aromatic N) is 2. The van der Waals surface area contributed by atoms with E-state index in [4.69, 9.17) is 4.74 Å². The van der Waals surface area contributed by atoms with E-state index in [1.54, 1.807) is 12.4 Å². The summed E-state index contributed by atoms with van der Waals surface area (Å²) in [5.41, 5.74) is 0. The van der Waals surface area contributed by atoms with Gasteiger partial charge in [-0.25, -0.2) is 9.97 Å².